The van der Waals surface area contributed by atoms with Crippen LogP contribution in [0.4, 0.5) is 11.4 Å². The van der Waals surface area contributed by atoms with E-state index in [1.807, 2.05) is 13.8 Å². The molecule has 0 aliphatic heterocycles. The molecule has 1 N–H and O–H groups in total. The first-order valence-electron chi connectivity index (χ1n) is 7.29. The van der Waals surface area contributed by atoms with Crippen molar-refractivity contribution in [2.75, 3.05) is 25.5 Å². The van der Waals surface area contributed by atoms with Gasteiger partial charge in [0.25, 0.3) is 5.69 Å². The zero-order chi connectivity index (χ0) is 17.4. The molecular formula is C15H21N3O5. The van der Waals surface area contributed by atoms with Gasteiger partial charge in [-0.2, -0.15) is 0 Å². The molecule has 1 unspecified atom stereocenters. The van der Waals surface area contributed by atoms with E-state index in [1.54, 1.807) is 11.0 Å². The number of nitro benzene ring substituents is 1. The van der Waals surface area contributed by atoms with Crippen molar-refractivity contribution in [2.45, 2.75) is 26.3 Å². The number of ether oxygens (including phenoxy) is 1. The molecule has 1 aromatic carbocycles. The summed E-state index contributed by atoms with van der Waals surface area (Å²) in [5.74, 6) is -0.993. The fraction of sp³-hybridized carbons (Fsp3) is 0.467. The van der Waals surface area contributed by atoms with E-state index in [1.165, 1.54) is 25.3 Å². The quantitative estimate of drug-likeness (QED) is 0.445. The van der Waals surface area contributed by atoms with E-state index >= 15 is 0 Å². The minimum Gasteiger partial charge on any atom is -0.469 e. The molecule has 0 saturated heterocycles. The van der Waals surface area contributed by atoms with Gasteiger partial charge < -0.3 is 10.1 Å². The molecule has 0 aliphatic rings. The Kier molecular flexibility index (Phi) is 7.14. The fourth-order valence-electron chi connectivity index (χ4n) is 2.25. The Morgan fingerprint density at radius 3 is 2.43 bits per heavy atom. The Bertz CT molecular complexity index is 572. The number of rotatable bonds is 8. The molecule has 0 saturated carbocycles. The van der Waals surface area contributed by atoms with Gasteiger partial charge in [0.15, 0.2) is 0 Å². The lowest BCUT2D eigenvalue weighted by Crippen LogP contribution is -2.45. The van der Waals surface area contributed by atoms with Gasteiger partial charge in [-0.3, -0.25) is 24.6 Å². The highest BCUT2D eigenvalue weighted by Crippen LogP contribution is 2.24. The molecule has 0 heterocycles. The van der Waals surface area contributed by atoms with Gasteiger partial charge in [0.05, 0.1) is 18.5 Å². The number of nitrogens with one attached hydrogen (secondary N) is 1. The molecule has 8 nitrogen and oxygen atoms in total. The normalized spacial score (nSPS) is 11.8. The molecule has 0 aliphatic carbocycles. The number of methoxy groups -OCH3 is 1. The van der Waals surface area contributed by atoms with Gasteiger partial charge in [0.2, 0.25) is 5.91 Å². The molecule has 1 amide bonds. The smallest absolute Gasteiger partial charge is 0.307 e. The molecule has 0 radical (unpaired) electrons. The Morgan fingerprint density at radius 1 is 1.30 bits per heavy atom. The van der Waals surface area contributed by atoms with Gasteiger partial charge in [0.1, 0.15) is 11.7 Å². The van der Waals surface area contributed by atoms with Gasteiger partial charge in [-0.15, -0.1) is 0 Å². The molecule has 1 rings (SSSR count). The van der Waals surface area contributed by atoms with E-state index in [2.05, 4.69) is 10.1 Å². The van der Waals surface area contributed by atoms with E-state index in [-0.39, 0.29) is 17.8 Å². The summed E-state index contributed by atoms with van der Waals surface area (Å²) in [6.07, 6.45) is -0.120. The highest BCUT2D eigenvalue weighted by atomic mass is 16.6. The molecule has 0 fully saturated rings. The lowest BCUT2D eigenvalue weighted by atomic mass is 10.1. The highest BCUT2D eigenvalue weighted by molar-refractivity contribution is 5.98. The predicted octanol–water partition coefficient (Wildman–Crippen LogP) is 1.81. The molecular weight excluding hydrogens is 302 g/mol. The number of nitrogens with zero attached hydrogens (tertiary/aromatic N) is 2. The number of carbonyl (C=O) groups is 2. The molecule has 1 atom stereocenters. The van der Waals surface area contributed by atoms with Crippen molar-refractivity contribution < 1.29 is 19.2 Å². The summed E-state index contributed by atoms with van der Waals surface area (Å²) in [4.78, 5) is 36.3. The third kappa shape index (κ3) is 5.03. The average Bonchev–Trinajstić information content (AvgIpc) is 2.54. The summed E-state index contributed by atoms with van der Waals surface area (Å²) in [5.41, 5.74) is -0.0956. The van der Waals surface area contributed by atoms with Crippen LogP contribution in [-0.2, 0) is 14.3 Å². The minimum atomic E-state index is -0.753. The second-order valence-corrected chi connectivity index (χ2v) is 4.78. The molecule has 0 bridgehead atoms. The van der Waals surface area contributed by atoms with Crippen LogP contribution >= 0.6 is 0 Å². The molecule has 8 heteroatoms. The number of anilines is 1. The van der Waals surface area contributed by atoms with Crippen molar-refractivity contribution in [3.05, 3.63) is 34.4 Å². The van der Waals surface area contributed by atoms with E-state index in [9.17, 15) is 19.7 Å². The number of benzene rings is 1. The Hall–Kier alpha value is -2.48. The van der Waals surface area contributed by atoms with Gasteiger partial charge in [-0.1, -0.05) is 26.0 Å². The van der Waals surface area contributed by atoms with Crippen LogP contribution in [0.3, 0.4) is 0 Å². The van der Waals surface area contributed by atoms with Crippen molar-refractivity contribution in [3.8, 4) is 0 Å². The van der Waals surface area contributed by atoms with Crippen molar-refractivity contribution >= 4 is 23.3 Å². The third-order valence-corrected chi connectivity index (χ3v) is 3.50. The number of hydrogen-bond acceptors (Lipinski definition) is 6. The summed E-state index contributed by atoms with van der Waals surface area (Å²) in [7, 11) is 1.25. The molecule has 0 aromatic heterocycles. The number of carbonyl (C=O) groups excluding carboxylic acids is 2. The van der Waals surface area contributed by atoms with Crippen LogP contribution < -0.4 is 5.32 Å². The first kappa shape index (κ1) is 18.6. The maximum Gasteiger partial charge on any atom is 0.307 e. The number of likely N-dealkylation sites (N-methyl/N-ethyl adjacent to an activating group) is 1. The van der Waals surface area contributed by atoms with E-state index in [0.717, 1.165) is 0 Å². The number of para-hydroxylation sites is 2. The van der Waals surface area contributed by atoms with Crippen molar-refractivity contribution in [3.63, 3.8) is 0 Å². The van der Waals surface area contributed by atoms with E-state index < -0.39 is 22.8 Å². The van der Waals surface area contributed by atoms with Gasteiger partial charge in [-0.25, -0.2) is 0 Å². The summed E-state index contributed by atoms with van der Waals surface area (Å²) >= 11 is 0. The topological polar surface area (TPSA) is 102 Å². The zero-order valence-electron chi connectivity index (χ0n) is 13.4. The monoisotopic (exact) mass is 323 g/mol. The predicted molar refractivity (Wildman–Crippen MR) is 85.1 cm³/mol. The van der Waals surface area contributed by atoms with E-state index in [0.29, 0.717) is 13.1 Å². The molecule has 0 spiro atoms. The van der Waals surface area contributed by atoms with Crippen molar-refractivity contribution in [1.82, 2.24) is 4.90 Å². The lowest BCUT2D eigenvalue weighted by molar-refractivity contribution is -0.383. The summed E-state index contributed by atoms with van der Waals surface area (Å²) in [6.45, 7) is 4.85. The maximum absolute atomic E-state index is 12.5. The Morgan fingerprint density at radius 2 is 1.91 bits per heavy atom. The number of hydrogen-bond donors (Lipinski definition) is 1. The largest absolute Gasteiger partial charge is 0.469 e. The van der Waals surface area contributed by atoms with Gasteiger partial charge >= 0.3 is 5.97 Å². The first-order valence-corrected chi connectivity index (χ1v) is 7.29. The van der Waals surface area contributed by atoms with Crippen molar-refractivity contribution in [1.29, 1.82) is 0 Å². The lowest BCUT2D eigenvalue weighted by Gasteiger charge is -2.27. The van der Waals surface area contributed by atoms with Crippen LogP contribution in [-0.4, -0.2) is 47.9 Å². The maximum atomic E-state index is 12.5. The molecule has 23 heavy (non-hydrogen) atoms. The van der Waals surface area contributed by atoms with Crippen LogP contribution in [0.25, 0.3) is 0 Å². The van der Waals surface area contributed by atoms with Gasteiger partial charge in [0, 0.05) is 6.07 Å². The summed E-state index contributed by atoms with van der Waals surface area (Å²) in [5, 5.41) is 13.6. The SMILES string of the molecule is CCN(CC)C(CC(=O)OC)C(=O)Nc1ccccc1[N+](=O)[O-]. The number of esters is 1. The molecule has 1 aromatic rings. The van der Waals surface area contributed by atoms with Crippen LogP contribution in [0.2, 0.25) is 0 Å². The van der Waals surface area contributed by atoms with E-state index in [4.69, 9.17) is 0 Å². The average molecular weight is 323 g/mol. The summed E-state index contributed by atoms with van der Waals surface area (Å²) in [6, 6.07) is 5.12. The van der Waals surface area contributed by atoms with Crippen LogP contribution in [0.15, 0.2) is 24.3 Å². The third-order valence-electron chi connectivity index (χ3n) is 3.50. The van der Waals surface area contributed by atoms with Gasteiger partial charge in [-0.05, 0) is 19.2 Å². The fourth-order valence-corrected chi connectivity index (χ4v) is 2.25. The molecule has 126 valence electrons. The second kappa shape index (κ2) is 8.84. The Balaban J connectivity index is 3.01. The Labute approximate surface area is 134 Å². The van der Waals surface area contributed by atoms with Crippen molar-refractivity contribution in [2.24, 2.45) is 0 Å². The van der Waals surface area contributed by atoms with Crippen LogP contribution in [0.5, 0.6) is 0 Å². The zero-order valence-corrected chi connectivity index (χ0v) is 13.4. The highest BCUT2D eigenvalue weighted by Gasteiger charge is 2.28. The minimum absolute atomic E-state index is 0.101. The standard InChI is InChI=1S/C15H21N3O5/c1-4-17(5-2)13(10-14(19)23-3)15(20)16-11-8-6-7-9-12(11)18(21)22/h6-9,13H,4-5,10H2,1-3H3,(H,16,20). The second-order valence-electron chi connectivity index (χ2n) is 4.78. The number of amides is 1. The number of nitro groups is 1. The summed E-state index contributed by atoms with van der Waals surface area (Å²) < 4.78 is 4.63. The first-order chi connectivity index (χ1) is 10.9. The van der Waals surface area contributed by atoms with Crippen LogP contribution in [0.1, 0.15) is 20.3 Å². The van der Waals surface area contributed by atoms with Crippen LogP contribution in [0, 0.1) is 10.1 Å².